The predicted octanol–water partition coefficient (Wildman–Crippen LogP) is 1.48. The molecule has 1 rings (SSSR count). The van der Waals surface area contributed by atoms with Crippen LogP contribution in [0.25, 0.3) is 6.08 Å². The van der Waals surface area contributed by atoms with E-state index in [-0.39, 0.29) is 11.4 Å². The fourth-order valence-corrected chi connectivity index (χ4v) is 1.01. The zero-order chi connectivity index (χ0) is 11.3. The van der Waals surface area contributed by atoms with E-state index >= 15 is 0 Å². The van der Waals surface area contributed by atoms with Gasteiger partial charge in [-0.2, -0.15) is 5.26 Å². The molecule has 0 bridgehead atoms. The summed E-state index contributed by atoms with van der Waals surface area (Å²) in [7, 11) is 1.44. The molecule has 0 atom stereocenters. The van der Waals surface area contributed by atoms with Gasteiger partial charge in [0, 0.05) is 7.05 Å². The van der Waals surface area contributed by atoms with Crippen LogP contribution >= 0.6 is 0 Å². The Labute approximate surface area is 86.8 Å². The van der Waals surface area contributed by atoms with E-state index in [1.165, 1.54) is 37.4 Å². The number of nitrogens with one attached hydrogen (secondary N) is 1. The highest BCUT2D eigenvalue weighted by molar-refractivity contribution is 6.01. The van der Waals surface area contributed by atoms with Gasteiger partial charge in [-0.3, -0.25) is 4.79 Å². The Balaban J connectivity index is 3.00. The summed E-state index contributed by atoms with van der Waals surface area (Å²) >= 11 is 0. The highest BCUT2D eigenvalue weighted by Gasteiger charge is 2.05. The molecule has 4 heteroatoms. The second-order valence-corrected chi connectivity index (χ2v) is 2.80. The van der Waals surface area contributed by atoms with Crippen LogP contribution in [0.3, 0.4) is 0 Å². The molecule has 15 heavy (non-hydrogen) atoms. The standard InChI is InChI=1S/C11H9FN2O/c1-14-11(15)9(7-13)6-8-2-4-10(12)5-3-8/h2-6H,1H3,(H,14,15)/b9-6+. The molecule has 0 aromatic heterocycles. The third-order valence-electron chi connectivity index (χ3n) is 1.77. The Kier molecular flexibility index (Phi) is 3.58. The molecule has 0 radical (unpaired) electrons. The number of hydrogen-bond acceptors (Lipinski definition) is 2. The van der Waals surface area contributed by atoms with Gasteiger partial charge in [-0.05, 0) is 23.8 Å². The van der Waals surface area contributed by atoms with Gasteiger partial charge in [0.1, 0.15) is 17.5 Å². The lowest BCUT2D eigenvalue weighted by Gasteiger charge is -1.97. The van der Waals surface area contributed by atoms with Crippen molar-refractivity contribution in [3.05, 3.63) is 41.2 Å². The average Bonchev–Trinajstić information content (AvgIpc) is 2.27. The van der Waals surface area contributed by atoms with E-state index in [1.807, 2.05) is 0 Å². The van der Waals surface area contributed by atoms with Crippen LogP contribution in [-0.2, 0) is 4.79 Å². The fraction of sp³-hybridized carbons (Fsp3) is 0.0909. The van der Waals surface area contributed by atoms with Gasteiger partial charge in [0.25, 0.3) is 5.91 Å². The summed E-state index contributed by atoms with van der Waals surface area (Å²) < 4.78 is 12.6. The van der Waals surface area contributed by atoms with Crippen molar-refractivity contribution in [1.82, 2.24) is 5.32 Å². The monoisotopic (exact) mass is 204 g/mol. The first-order valence-corrected chi connectivity index (χ1v) is 4.27. The second kappa shape index (κ2) is 4.91. The van der Waals surface area contributed by atoms with Gasteiger partial charge in [0.2, 0.25) is 0 Å². The molecule has 0 aliphatic carbocycles. The number of halogens is 1. The van der Waals surface area contributed by atoms with E-state index in [1.54, 1.807) is 6.07 Å². The minimum Gasteiger partial charge on any atom is -0.354 e. The molecule has 0 saturated heterocycles. The van der Waals surface area contributed by atoms with Gasteiger partial charge >= 0.3 is 0 Å². The quantitative estimate of drug-likeness (QED) is 0.586. The molecule has 1 aromatic carbocycles. The second-order valence-electron chi connectivity index (χ2n) is 2.80. The molecular weight excluding hydrogens is 195 g/mol. The third-order valence-corrected chi connectivity index (χ3v) is 1.77. The van der Waals surface area contributed by atoms with Crippen molar-refractivity contribution in [1.29, 1.82) is 5.26 Å². The Morgan fingerprint density at radius 2 is 2.07 bits per heavy atom. The highest BCUT2D eigenvalue weighted by atomic mass is 19.1. The lowest BCUT2D eigenvalue weighted by Crippen LogP contribution is -2.19. The zero-order valence-electron chi connectivity index (χ0n) is 8.12. The largest absolute Gasteiger partial charge is 0.354 e. The normalized spacial score (nSPS) is 10.6. The molecule has 0 saturated carbocycles. The Hall–Kier alpha value is -2.15. The maximum absolute atomic E-state index is 12.6. The first-order valence-electron chi connectivity index (χ1n) is 4.27. The number of amides is 1. The van der Waals surface area contributed by atoms with Crippen molar-refractivity contribution < 1.29 is 9.18 Å². The molecule has 0 aliphatic rings. The number of rotatable bonds is 2. The van der Waals surface area contributed by atoms with Gasteiger partial charge in [0.15, 0.2) is 0 Å². The van der Waals surface area contributed by atoms with Crippen LogP contribution in [0.1, 0.15) is 5.56 Å². The van der Waals surface area contributed by atoms with E-state index in [4.69, 9.17) is 5.26 Å². The van der Waals surface area contributed by atoms with Crippen molar-refractivity contribution >= 4 is 12.0 Å². The lowest BCUT2D eigenvalue weighted by molar-refractivity contribution is -0.116. The van der Waals surface area contributed by atoms with E-state index < -0.39 is 5.91 Å². The smallest absolute Gasteiger partial charge is 0.261 e. The highest BCUT2D eigenvalue weighted by Crippen LogP contribution is 2.07. The molecule has 3 nitrogen and oxygen atoms in total. The summed E-state index contributed by atoms with van der Waals surface area (Å²) in [5.41, 5.74) is 0.598. The van der Waals surface area contributed by atoms with Crippen LogP contribution in [0.15, 0.2) is 29.8 Å². The van der Waals surface area contributed by atoms with E-state index in [0.29, 0.717) is 5.56 Å². The number of nitriles is 1. The van der Waals surface area contributed by atoms with E-state index in [9.17, 15) is 9.18 Å². The maximum atomic E-state index is 12.6. The SMILES string of the molecule is CNC(=O)/C(C#N)=C/c1ccc(F)cc1. The molecule has 0 heterocycles. The third kappa shape index (κ3) is 2.92. The predicted molar refractivity (Wildman–Crippen MR) is 54.1 cm³/mol. The minimum atomic E-state index is -0.457. The van der Waals surface area contributed by atoms with Crippen molar-refractivity contribution in [3.8, 4) is 6.07 Å². The molecule has 1 amide bonds. The minimum absolute atomic E-state index is 0.0101. The summed E-state index contributed by atoms with van der Waals surface area (Å²) in [6.07, 6.45) is 1.40. The first kappa shape index (κ1) is 10.9. The van der Waals surface area contributed by atoms with Crippen molar-refractivity contribution in [2.45, 2.75) is 0 Å². The summed E-state index contributed by atoms with van der Waals surface area (Å²) in [6.45, 7) is 0. The van der Waals surface area contributed by atoms with Gasteiger partial charge in [-0.25, -0.2) is 4.39 Å². The molecule has 0 spiro atoms. The van der Waals surface area contributed by atoms with E-state index in [0.717, 1.165) is 0 Å². The van der Waals surface area contributed by atoms with Crippen LogP contribution in [0.2, 0.25) is 0 Å². The Morgan fingerprint density at radius 1 is 1.47 bits per heavy atom. The number of benzene rings is 1. The molecule has 0 aliphatic heterocycles. The van der Waals surface area contributed by atoms with E-state index in [2.05, 4.69) is 5.32 Å². The van der Waals surface area contributed by atoms with Crippen molar-refractivity contribution in [3.63, 3.8) is 0 Å². The fourth-order valence-electron chi connectivity index (χ4n) is 1.01. The maximum Gasteiger partial charge on any atom is 0.261 e. The number of carbonyl (C=O) groups is 1. The Bertz CT molecular complexity index is 429. The number of carbonyl (C=O) groups excluding carboxylic acids is 1. The lowest BCUT2D eigenvalue weighted by atomic mass is 10.1. The molecule has 1 aromatic rings. The van der Waals surface area contributed by atoms with Crippen LogP contribution < -0.4 is 5.32 Å². The average molecular weight is 204 g/mol. The number of nitrogens with zero attached hydrogens (tertiary/aromatic N) is 1. The van der Waals surface area contributed by atoms with Crippen molar-refractivity contribution in [2.24, 2.45) is 0 Å². The topological polar surface area (TPSA) is 52.9 Å². The van der Waals surface area contributed by atoms with Crippen LogP contribution in [0.4, 0.5) is 4.39 Å². The summed E-state index contributed by atoms with van der Waals surface area (Å²) in [5, 5.41) is 11.0. The number of hydrogen-bond donors (Lipinski definition) is 1. The van der Waals surface area contributed by atoms with Crippen LogP contribution in [0.5, 0.6) is 0 Å². The Morgan fingerprint density at radius 3 is 2.53 bits per heavy atom. The molecule has 76 valence electrons. The van der Waals surface area contributed by atoms with Gasteiger partial charge < -0.3 is 5.32 Å². The molecule has 1 N–H and O–H groups in total. The van der Waals surface area contributed by atoms with Crippen LogP contribution in [0, 0.1) is 17.1 Å². The van der Waals surface area contributed by atoms with Crippen LogP contribution in [-0.4, -0.2) is 13.0 Å². The molecule has 0 unspecified atom stereocenters. The summed E-state index contributed by atoms with van der Waals surface area (Å²) in [5.74, 6) is -0.813. The molecular formula is C11H9FN2O. The van der Waals surface area contributed by atoms with Gasteiger partial charge in [-0.1, -0.05) is 12.1 Å². The van der Waals surface area contributed by atoms with Gasteiger partial charge in [-0.15, -0.1) is 0 Å². The number of likely N-dealkylation sites (N-methyl/N-ethyl adjacent to an activating group) is 1. The summed E-state index contributed by atoms with van der Waals surface area (Å²) in [4.78, 5) is 11.1. The van der Waals surface area contributed by atoms with Gasteiger partial charge in [0.05, 0.1) is 0 Å². The molecule has 0 fully saturated rings. The van der Waals surface area contributed by atoms with Crippen molar-refractivity contribution in [2.75, 3.05) is 7.05 Å². The first-order chi connectivity index (χ1) is 7.17. The summed E-state index contributed by atoms with van der Waals surface area (Å²) in [6, 6.07) is 7.30. The zero-order valence-corrected chi connectivity index (χ0v) is 8.12.